The van der Waals surface area contributed by atoms with E-state index >= 15 is 0 Å². The summed E-state index contributed by atoms with van der Waals surface area (Å²) in [5.41, 5.74) is 1.18. The highest BCUT2D eigenvalue weighted by atomic mass is 32.2. The van der Waals surface area contributed by atoms with Crippen LogP contribution in [0, 0.1) is 5.92 Å². The van der Waals surface area contributed by atoms with Gasteiger partial charge in [0.2, 0.25) is 0 Å². The number of benzene rings is 1. The zero-order chi connectivity index (χ0) is 12.0. The van der Waals surface area contributed by atoms with Gasteiger partial charge < -0.3 is 0 Å². The number of rotatable bonds is 6. The summed E-state index contributed by atoms with van der Waals surface area (Å²) in [6, 6.07) is 8.47. The second-order valence-corrected chi connectivity index (χ2v) is 5.61. The maximum Gasteiger partial charge on any atom is 0.0274 e. The quantitative estimate of drug-likeness (QED) is 0.490. The first kappa shape index (κ1) is 13.1. The molecule has 0 N–H and O–H groups in total. The molecule has 0 amide bonds. The topological polar surface area (TPSA) is 0 Å². The van der Waals surface area contributed by atoms with Crippen LogP contribution in [-0.4, -0.2) is 5.25 Å². The summed E-state index contributed by atoms with van der Waals surface area (Å²) in [4.78, 5) is 1.29. The molecule has 0 saturated carbocycles. The lowest BCUT2D eigenvalue weighted by atomic mass is 10.1. The molecular formula is C15H20S. The van der Waals surface area contributed by atoms with Crippen molar-refractivity contribution >= 4 is 17.8 Å². The summed E-state index contributed by atoms with van der Waals surface area (Å²) in [6.07, 6.45) is 5.10. The predicted molar refractivity (Wildman–Crippen MR) is 75.8 cm³/mol. The van der Waals surface area contributed by atoms with Gasteiger partial charge in [-0.25, -0.2) is 0 Å². The Morgan fingerprint density at radius 2 is 2.06 bits per heavy atom. The Hall–Kier alpha value is -0.950. The van der Waals surface area contributed by atoms with Gasteiger partial charge in [0.15, 0.2) is 0 Å². The van der Waals surface area contributed by atoms with E-state index in [1.54, 1.807) is 0 Å². The molecule has 1 atom stereocenters. The second kappa shape index (κ2) is 6.59. The Morgan fingerprint density at radius 1 is 1.31 bits per heavy atom. The summed E-state index contributed by atoms with van der Waals surface area (Å²) in [6.45, 7) is 12.2. The molecule has 0 nitrogen and oxygen atoms in total. The van der Waals surface area contributed by atoms with Gasteiger partial charge in [-0.3, -0.25) is 0 Å². The normalized spacial score (nSPS) is 12.4. The summed E-state index contributed by atoms with van der Waals surface area (Å²) >= 11 is 1.88. The van der Waals surface area contributed by atoms with E-state index in [4.69, 9.17) is 0 Å². The van der Waals surface area contributed by atoms with Gasteiger partial charge in [-0.05, 0) is 30.0 Å². The Kier molecular flexibility index (Phi) is 5.41. The Labute approximate surface area is 103 Å². The molecule has 0 saturated heterocycles. The highest BCUT2D eigenvalue weighted by Crippen LogP contribution is 2.28. The molecule has 0 heterocycles. The molecule has 1 heteroatoms. The Bertz CT molecular complexity index is 352. The van der Waals surface area contributed by atoms with E-state index in [1.807, 2.05) is 23.9 Å². The smallest absolute Gasteiger partial charge is 0.0274 e. The van der Waals surface area contributed by atoms with E-state index in [2.05, 4.69) is 51.3 Å². The lowest BCUT2D eigenvalue weighted by Crippen LogP contribution is -2.02. The molecule has 0 spiro atoms. The fourth-order valence-electron chi connectivity index (χ4n) is 1.55. The van der Waals surface area contributed by atoms with Crippen molar-refractivity contribution in [3.05, 3.63) is 49.1 Å². The van der Waals surface area contributed by atoms with E-state index in [-0.39, 0.29) is 0 Å². The van der Waals surface area contributed by atoms with Crippen LogP contribution in [0.1, 0.15) is 25.8 Å². The largest absolute Gasteiger partial charge is 0.119 e. The monoisotopic (exact) mass is 232 g/mol. The van der Waals surface area contributed by atoms with Crippen LogP contribution in [0.3, 0.4) is 0 Å². The van der Waals surface area contributed by atoms with Crippen LogP contribution >= 0.6 is 11.8 Å². The van der Waals surface area contributed by atoms with E-state index in [0.29, 0.717) is 11.2 Å². The molecule has 1 aromatic rings. The van der Waals surface area contributed by atoms with Gasteiger partial charge in [0.25, 0.3) is 0 Å². The SMILES string of the molecule is C=Cc1cccc(S[C@H](C=C)CC(C)C)c1. The third-order valence-electron chi connectivity index (χ3n) is 2.35. The van der Waals surface area contributed by atoms with Crippen LogP contribution in [-0.2, 0) is 0 Å². The molecule has 16 heavy (non-hydrogen) atoms. The van der Waals surface area contributed by atoms with Crippen LogP contribution in [0.2, 0.25) is 0 Å². The van der Waals surface area contributed by atoms with Crippen molar-refractivity contribution in [2.45, 2.75) is 30.4 Å². The van der Waals surface area contributed by atoms with E-state index in [9.17, 15) is 0 Å². The molecule has 0 aromatic heterocycles. The van der Waals surface area contributed by atoms with Gasteiger partial charge in [-0.2, -0.15) is 0 Å². The van der Waals surface area contributed by atoms with Crippen molar-refractivity contribution in [3.63, 3.8) is 0 Å². The van der Waals surface area contributed by atoms with Crippen LogP contribution in [0.15, 0.2) is 48.4 Å². The summed E-state index contributed by atoms with van der Waals surface area (Å²) in [7, 11) is 0. The second-order valence-electron chi connectivity index (χ2n) is 4.30. The molecule has 0 aliphatic heterocycles. The minimum Gasteiger partial charge on any atom is -0.119 e. The van der Waals surface area contributed by atoms with Crippen LogP contribution < -0.4 is 0 Å². The minimum atomic E-state index is 0.500. The average Bonchev–Trinajstić information content (AvgIpc) is 2.28. The lowest BCUT2D eigenvalue weighted by Gasteiger charge is -2.14. The number of hydrogen-bond donors (Lipinski definition) is 0. The van der Waals surface area contributed by atoms with Gasteiger partial charge >= 0.3 is 0 Å². The first-order valence-electron chi connectivity index (χ1n) is 5.67. The molecule has 1 rings (SSSR count). The standard InChI is InChI=1S/C15H20S/c1-5-13-8-7-9-15(11-13)16-14(6-2)10-12(3)4/h5-9,11-12,14H,1-2,10H2,3-4H3/t14-/m1/s1. The van der Waals surface area contributed by atoms with E-state index in [1.165, 1.54) is 16.9 Å². The van der Waals surface area contributed by atoms with Crippen molar-refractivity contribution in [3.8, 4) is 0 Å². The number of hydrogen-bond acceptors (Lipinski definition) is 1. The maximum atomic E-state index is 3.91. The van der Waals surface area contributed by atoms with Gasteiger partial charge in [-0.15, -0.1) is 18.3 Å². The lowest BCUT2D eigenvalue weighted by molar-refractivity contribution is 0.602. The molecule has 0 aliphatic carbocycles. The molecule has 0 fully saturated rings. The zero-order valence-corrected chi connectivity index (χ0v) is 11.0. The first-order valence-corrected chi connectivity index (χ1v) is 6.55. The minimum absolute atomic E-state index is 0.500. The summed E-state index contributed by atoms with van der Waals surface area (Å²) in [5.74, 6) is 0.707. The molecule has 1 aromatic carbocycles. The summed E-state index contributed by atoms with van der Waals surface area (Å²) in [5, 5.41) is 0.500. The van der Waals surface area contributed by atoms with Crippen LogP contribution in [0.25, 0.3) is 6.08 Å². The molecule has 86 valence electrons. The van der Waals surface area contributed by atoms with Gasteiger partial charge in [0, 0.05) is 10.1 Å². The van der Waals surface area contributed by atoms with Gasteiger partial charge in [0.05, 0.1) is 0 Å². The highest BCUT2D eigenvalue weighted by molar-refractivity contribution is 8.00. The predicted octanol–water partition coefficient (Wildman–Crippen LogP) is 5.02. The molecule has 0 radical (unpaired) electrons. The summed E-state index contributed by atoms with van der Waals surface area (Å²) < 4.78 is 0. The fourth-order valence-corrected chi connectivity index (χ4v) is 2.83. The van der Waals surface area contributed by atoms with Crippen molar-refractivity contribution in [2.75, 3.05) is 0 Å². The molecule has 0 unspecified atom stereocenters. The Morgan fingerprint density at radius 3 is 2.62 bits per heavy atom. The number of thioether (sulfide) groups is 1. The first-order chi connectivity index (χ1) is 7.65. The maximum absolute atomic E-state index is 3.91. The fraction of sp³-hybridized carbons (Fsp3) is 0.333. The van der Waals surface area contributed by atoms with E-state index < -0.39 is 0 Å². The molecular weight excluding hydrogens is 212 g/mol. The van der Waals surface area contributed by atoms with E-state index in [0.717, 1.165) is 0 Å². The van der Waals surface area contributed by atoms with Crippen molar-refractivity contribution in [1.82, 2.24) is 0 Å². The van der Waals surface area contributed by atoms with Crippen LogP contribution in [0.4, 0.5) is 0 Å². The molecule has 0 bridgehead atoms. The third-order valence-corrected chi connectivity index (χ3v) is 3.56. The third kappa shape index (κ3) is 4.28. The zero-order valence-electron chi connectivity index (χ0n) is 10.1. The van der Waals surface area contributed by atoms with Gasteiger partial charge in [-0.1, -0.05) is 44.7 Å². The van der Waals surface area contributed by atoms with Crippen LogP contribution in [0.5, 0.6) is 0 Å². The highest BCUT2D eigenvalue weighted by Gasteiger charge is 2.08. The van der Waals surface area contributed by atoms with Gasteiger partial charge in [0.1, 0.15) is 0 Å². The van der Waals surface area contributed by atoms with Crippen molar-refractivity contribution in [2.24, 2.45) is 5.92 Å². The Balaban J connectivity index is 2.69. The average molecular weight is 232 g/mol. The molecule has 0 aliphatic rings. The van der Waals surface area contributed by atoms with Crippen molar-refractivity contribution < 1.29 is 0 Å². The van der Waals surface area contributed by atoms with Crippen molar-refractivity contribution in [1.29, 1.82) is 0 Å².